The number of halogens is 3. The largest absolute Gasteiger partial charge is 0.411 e. The van der Waals surface area contributed by atoms with Gasteiger partial charge in [0, 0.05) is 13.2 Å². The zero-order valence-corrected chi connectivity index (χ0v) is 11.4. The van der Waals surface area contributed by atoms with E-state index in [0.29, 0.717) is 25.4 Å². The van der Waals surface area contributed by atoms with Gasteiger partial charge in [-0.05, 0) is 31.7 Å². The van der Waals surface area contributed by atoms with Gasteiger partial charge in [0.1, 0.15) is 6.61 Å². The van der Waals surface area contributed by atoms with E-state index >= 15 is 0 Å². The van der Waals surface area contributed by atoms with E-state index in [1.165, 1.54) is 0 Å². The first-order valence-electron chi connectivity index (χ1n) is 6.88. The Morgan fingerprint density at radius 1 is 1.42 bits per heavy atom. The highest BCUT2D eigenvalue weighted by Gasteiger charge is 2.32. The molecule has 1 saturated carbocycles. The van der Waals surface area contributed by atoms with Gasteiger partial charge in [0.2, 0.25) is 0 Å². The van der Waals surface area contributed by atoms with Crippen molar-refractivity contribution < 1.29 is 23.0 Å². The first-order chi connectivity index (χ1) is 8.81. The van der Waals surface area contributed by atoms with Gasteiger partial charge in [-0.1, -0.05) is 19.8 Å². The van der Waals surface area contributed by atoms with E-state index in [4.69, 9.17) is 0 Å². The molecule has 0 spiro atoms. The fourth-order valence-corrected chi connectivity index (χ4v) is 2.60. The molecule has 0 radical (unpaired) electrons. The molecule has 1 aliphatic rings. The van der Waals surface area contributed by atoms with Crippen LogP contribution in [0.1, 0.15) is 39.0 Å². The minimum atomic E-state index is -4.25. The molecule has 2 atom stereocenters. The van der Waals surface area contributed by atoms with Crippen LogP contribution in [0.5, 0.6) is 0 Å². The van der Waals surface area contributed by atoms with E-state index in [1.807, 2.05) is 0 Å². The minimum Gasteiger partial charge on any atom is -0.389 e. The highest BCUT2D eigenvalue weighted by atomic mass is 19.4. The SMILES string of the molecule is CC1CCCC(O)(CNCCCOCC(F)(F)F)C1. The van der Waals surface area contributed by atoms with Gasteiger partial charge < -0.3 is 15.2 Å². The molecule has 0 heterocycles. The topological polar surface area (TPSA) is 41.5 Å². The summed E-state index contributed by atoms with van der Waals surface area (Å²) in [5, 5.41) is 13.4. The van der Waals surface area contributed by atoms with Crippen molar-refractivity contribution in [2.75, 3.05) is 26.3 Å². The molecule has 0 bridgehead atoms. The minimum absolute atomic E-state index is 0.0847. The average molecular weight is 283 g/mol. The molecular weight excluding hydrogens is 259 g/mol. The van der Waals surface area contributed by atoms with Crippen molar-refractivity contribution in [1.29, 1.82) is 0 Å². The molecule has 0 aromatic heterocycles. The Labute approximate surface area is 112 Å². The van der Waals surface area contributed by atoms with Gasteiger partial charge in [0.25, 0.3) is 0 Å². The molecule has 0 aliphatic heterocycles. The summed E-state index contributed by atoms with van der Waals surface area (Å²) in [5.74, 6) is 0.538. The fraction of sp³-hybridized carbons (Fsp3) is 1.00. The molecule has 19 heavy (non-hydrogen) atoms. The Morgan fingerprint density at radius 2 is 2.16 bits per heavy atom. The van der Waals surface area contributed by atoms with Crippen LogP contribution in [-0.4, -0.2) is 43.2 Å². The molecule has 0 saturated heterocycles. The Hall–Kier alpha value is -0.330. The van der Waals surface area contributed by atoms with Gasteiger partial charge in [-0.15, -0.1) is 0 Å². The second-order valence-corrected chi connectivity index (χ2v) is 5.62. The van der Waals surface area contributed by atoms with Crippen molar-refractivity contribution >= 4 is 0 Å². The maximum atomic E-state index is 11.8. The Kier molecular flexibility index (Phi) is 6.56. The maximum Gasteiger partial charge on any atom is 0.411 e. The van der Waals surface area contributed by atoms with Gasteiger partial charge >= 0.3 is 6.18 Å². The van der Waals surface area contributed by atoms with Crippen LogP contribution in [0.25, 0.3) is 0 Å². The lowest BCUT2D eigenvalue weighted by Gasteiger charge is -2.35. The molecule has 1 fully saturated rings. The van der Waals surface area contributed by atoms with Crippen LogP contribution >= 0.6 is 0 Å². The lowest BCUT2D eigenvalue weighted by molar-refractivity contribution is -0.173. The number of ether oxygens (including phenoxy) is 1. The zero-order valence-electron chi connectivity index (χ0n) is 11.4. The third-order valence-electron chi connectivity index (χ3n) is 3.43. The highest BCUT2D eigenvalue weighted by Crippen LogP contribution is 2.31. The van der Waals surface area contributed by atoms with E-state index in [1.54, 1.807) is 0 Å². The first-order valence-corrected chi connectivity index (χ1v) is 6.88. The molecular formula is C13H24F3NO2. The molecule has 3 nitrogen and oxygen atoms in total. The first kappa shape index (κ1) is 16.7. The van der Waals surface area contributed by atoms with Crippen molar-refractivity contribution in [3.8, 4) is 0 Å². The number of alkyl halides is 3. The van der Waals surface area contributed by atoms with Crippen molar-refractivity contribution in [2.45, 2.75) is 50.8 Å². The quantitative estimate of drug-likeness (QED) is 0.705. The van der Waals surface area contributed by atoms with Crippen molar-refractivity contribution in [3.05, 3.63) is 0 Å². The summed E-state index contributed by atoms with van der Waals surface area (Å²) in [6, 6.07) is 0. The van der Waals surface area contributed by atoms with Gasteiger partial charge in [0.05, 0.1) is 5.60 Å². The number of nitrogens with one attached hydrogen (secondary N) is 1. The third-order valence-corrected chi connectivity index (χ3v) is 3.43. The van der Waals surface area contributed by atoms with Crippen LogP contribution < -0.4 is 5.32 Å². The third kappa shape index (κ3) is 7.74. The Bertz CT molecular complexity index is 261. The van der Waals surface area contributed by atoms with Crippen molar-refractivity contribution in [2.24, 2.45) is 5.92 Å². The number of rotatable bonds is 7. The van der Waals surface area contributed by atoms with E-state index in [2.05, 4.69) is 17.0 Å². The van der Waals surface area contributed by atoms with Gasteiger partial charge in [-0.3, -0.25) is 0 Å². The Balaban J connectivity index is 2.01. The van der Waals surface area contributed by atoms with Crippen molar-refractivity contribution in [3.63, 3.8) is 0 Å². The summed E-state index contributed by atoms with van der Waals surface area (Å²) in [6.07, 6.45) is 0.0592. The average Bonchev–Trinajstić information content (AvgIpc) is 2.25. The number of aliphatic hydroxyl groups is 1. The lowest BCUT2D eigenvalue weighted by Crippen LogP contribution is -2.44. The second-order valence-electron chi connectivity index (χ2n) is 5.62. The molecule has 0 aromatic carbocycles. The van der Waals surface area contributed by atoms with Gasteiger partial charge in [-0.2, -0.15) is 13.2 Å². The van der Waals surface area contributed by atoms with Crippen molar-refractivity contribution in [1.82, 2.24) is 5.32 Å². The summed E-state index contributed by atoms with van der Waals surface area (Å²) in [4.78, 5) is 0. The van der Waals surface area contributed by atoms with E-state index in [0.717, 1.165) is 25.7 Å². The standard InChI is InChI=1S/C13H24F3NO2/c1-11-4-2-5-12(18,8-11)9-17-6-3-7-19-10-13(14,15)16/h11,17-18H,2-10H2,1H3. The van der Waals surface area contributed by atoms with Crippen LogP contribution in [0.15, 0.2) is 0 Å². The monoisotopic (exact) mass is 283 g/mol. The molecule has 114 valence electrons. The predicted molar refractivity (Wildman–Crippen MR) is 66.9 cm³/mol. The van der Waals surface area contributed by atoms with E-state index in [9.17, 15) is 18.3 Å². The van der Waals surface area contributed by atoms with Crippen LogP contribution in [0, 0.1) is 5.92 Å². The molecule has 1 aliphatic carbocycles. The fourth-order valence-electron chi connectivity index (χ4n) is 2.60. The summed E-state index contributed by atoms with van der Waals surface area (Å²) in [7, 11) is 0. The summed E-state index contributed by atoms with van der Waals surface area (Å²) < 4.78 is 39.9. The van der Waals surface area contributed by atoms with Crippen LogP contribution in [0.2, 0.25) is 0 Å². The van der Waals surface area contributed by atoms with Crippen LogP contribution in [-0.2, 0) is 4.74 Å². The van der Waals surface area contributed by atoms with Gasteiger partial charge in [-0.25, -0.2) is 0 Å². The molecule has 0 aromatic rings. The molecule has 0 amide bonds. The number of hydrogen-bond acceptors (Lipinski definition) is 3. The molecule has 1 rings (SSSR count). The van der Waals surface area contributed by atoms with Crippen LogP contribution in [0.3, 0.4) is 0 Å². The lowest BCUT2D eigenvalue weighted by atomic mass is 9.79. The molecule has 6 heteroatoms. The van der Waals surface area contributed by atoms with Crippen LogP contribution in [0.4, 0.5) is 13.2 Å². The summed E-state index contributed by atoms with van der Waals surface area (Å²) >= 11 is 0. The summed E-state index contributed by atoms with van der Waals surface area (Å²) in [6.45, 7) is 2.11. The predicted octanol–water partition coefficient (Wildman–Crippen LogP) is 2.49. The highest BCUT2D eigenvalue weighted by molar-refractivity contribution is 4.86. The maximum absolute atomic E-state index is 11.8. The molecule has 2 unspecified atom stereocenters. The second kappa shape index (κ2) is 7.45. The summed E-state index contributed by atoms with van der Waals surface area (Å²) in [5.41, 5.74) is -0.648. The molecule has 2 N–H and O–H groups in total. The normalized spacial score (nSPS) is 28.6. The smallest absolute Gasteiger partial charge is 0.389 e. The Morgan fingerprint density at radius 3 is 2.79 bits per heavy atom. The van der Waals surface area contributed by atoms with Gasteiger partial charge in [0.15, 0.2) is 0 Å². The zero-order chi connectivity index (χ0) is 14.4. The number of hydrogen-bond donors (Lipinski definition) is 2. The van der Waals surface area contributed by atoms with E-state index in [-0.39, 0.29) is 6.61 Å². The van der Waals surface area contributed by atoms with E-state index < -0.39 is 18.4 Å².